The third kappa shape index (κ3) is 1.38. The van der Waals surface area contributed by atoms with Crippen LogP contribution >= 0.6 is 0 Å². The number of fused-ring (bicyclic) bond motifs is 1. The molecule has 1 aromatic carbocycles. The van der Waals surface area contributed by atoms with E-state index in [1.54, 1.807) is 0 Å². The Morgan fingerprint density at radius 1 is 1.17 bits per heavy atom. The van der Waals surface area contributed by atoms with E-state index in [2.05, 4.69) is 25.2 Å². The Balaban J connectivity index is 0.000000720. The maximum atomic E-state index is 4.30. The summed E-state index contributed by atoms with van der Waals surface area (Å²) in [6, 6.07) is 8.22. The van der Waals surface area contributed by atoms with Gasteiger partial charge in [0.05, 0.1) is 14.1 Å². The number of hydrogen-bond donors (Lipinski definition) is 0. The minimum absolute atomic E-state index is 0. The van der Waals surface area contributed by atoms with Crippen LogP contribution in [0.4, 0.5) is 11.4 Å². The van der Waals surface area contributed by atoms with E-state index >= 15 is 0 Å². The van der Waals surface area contributed by atoms with E-state index in [9.17, 15) is 0 Å². The van der Waals surface area contributed by atoms with Crippen LogP contribution in [0.15, 0.2) is 29.3 Å². The van der Waals surface area contributed by atoms with Gasteiger partial charge in [0.25, 0.3) is 0 Å². The second-order valence-electron chi connectivity index (χ2n) is 3.27. The lowest BCUT2D eigenvalue weighted by molar-refractivity contribution is -0.00000231. The molecule has 12 heavy (non-hydrogen) atoms. The van der Waals surface area contributed by atoms with Gasteiger partial charge < -0.3 is 24.0 Å². The molecule has 0 aromatic heterocycles. The number of hydrogen-bond acceptors (Lipinski definition) is 1. The summed E-state index contributed by atoms with van der Waals surface area (Å²) in [5.74, 6) is 0. The molecule has 0 fully saturated rings. The summed E-state index contributed by atoms with van der Waals surface area (Å²) in [5.41, 5.74) is 2.37. The molecule has 1 aliphatic rings. The van der Waals surface area contributed by atoms with Crippen LogP contribution in [0.1, 0.15) is 0 Å². The molecule has 0 radical (unpaired) electrons. The predicted molar refractivity (Wildman–Crippen MR) is 48.2 cm³/mol. The van der Waals surface area contributed by atoms with Crippen molar-refractivity contribution in [2.75, 3.05) is 14.1 Å². The van der Waals surface area contributed by atoms with E-state index in [0.717, 1.165) is 10.2 Å². The molecule has 0 unspecified atom stereocenters. The van der Waals surface area contributed by atoms with E-state index in [0.29, 0.717) is 0 Å². The molecule has 2 rings (SSSR count). The molecule has 0 aliphatic carbocycles. The van der Waals surface area contributed by atoms with Crippen molar-refractivity contribution in [2.24, 2.45) is 4.99 Å². The first-order valence-corrected chi connectivity index (χ1v) is 3.69. The van der Waals surface area contributed by atoms with Gasteiger partial charge in [-0.1, -0.05) is 12.1 Å². The number of halogens is 1. The number of para-hydroxylation sites is 2. The highest BCUT2D eigenvalue weighted by atomic mass is 127. The van der Waals surface area contributed by atoms with Crippen molar-refractivity contribution in [3.05, 3.63) is 24.3 Å². The largest absolute Gasteiger partial charge is 1.00 e. The van der Waals surface area contributed by atoms with Gasteiger partial charge in [0.2, 0.25) is 0 Å². The maximum Gasteiger partial charge on any atom is 0.195 e. The van der Waals surface area contributed by atoms with Crippen molar-refractivity contribution in [2.45, 2.75) is 0 Å². The highest BCUT2D eigenvalue weighted by Gasteiger charge is 2.25. The van der Waals surface area contributed by atoms with Crippen LogP contribution in [0.25, 0.3) is 0 Å². The fourth-order valence-electron chi connectivity index (χ4n) is 1.33. The van der Waals surface area contributed by atoms with Crippen LogP contribution in [0, 0.1) is 0 Å². The summed E-state index contributed by atoms with van der Waals surface area (Å²) in [6.07, 6.45) is 1.95. The van der Waals surface area contributed by atoms with Crippen LogP contribution in [-0.4, -0.2) is 20.4 Å². The molecule has 1 aliphatic heterocycles. The van der Waals surface area contributed by atoms with E-state index in [1.165, 1.54) is 5.69 Å². The number of quaternary nitrogens is 1. The van der Waals surface area contributed by atoms with Crippen molar-refractivity contribution in [1.29, 1.82) is 0 Å². The van der Waals surface area contributed by atoms with Gasteiger partial charge in [-0.2, -0.15) is 4.99 Å². The average molecular weight is 274 g/mol. The van der Waals surface area contributed by atoms with Gasteiger partial charge in [0.1, 0.15) is 5.69 Å². The highest BCUT2D eigenvalue weighted by Crippen LogP contribution is 2.34. The minimum atomic E-state index is 0. The topological polar surface area (TPSA) is 12.4 Å². The average Bonchev–Trinajstić information content (AvgIpc) is 2.29. The first-order chi connectivity index (χ1) is 5.20. The van der Waals surface area contributed by atoms with Gasteiger partial charge in [-0.05, 0) is 6.07 Å². The maximum absolute atomic E-state index is 4.30. The fourth-order valence-corrected chi connectivity index (χ4v) is 1.33. The molecule has 0 bridgehead atoms. The van der Waals surface area contributed by atoms with Gasteiger partial charge in [0, 0.05) is 6.07 Å². The summed E-state index contributed by atoms with van der Waals surface area (Å²) in [7, 11) is 4.24. The lowest BCUT2D eigenvalue weighted by Crippen LogP contribution is -3.00. The Kier molecular flexibility index (Phi) is 2.53. The predicted octanol–water partition coefficient (Wildman–Crippen LogP) is -1.07. The van der Waals surface area contributed by atoms with Gasteiger partial charge in [-0.3, -0.25) is 4.48 Å². The summed E-state index contributed by atoms with van der Waals surface area (Å²) >= 11 is 0. The van der Waals surface area contributed by atoms with E-state index < -0.39 is 0 Å². The fraction of sp³-hybridized carbons (Fsp3) is 0.222. The Morgan fingerprint density at radius 3 is 2.50 bits per heavy atom. The molecule has 2 nitrogen and oxygen atoms in total. The Labute approximate surface area is 89.5 Å². The normalized spacial score (nSPS) is 16.8. The molecule has 0 N–H and O–H groups in total. The van der Waals surface area contributed by atoms with Crippen molar-refractivity contribution < 1.29 is 24.0 Å². The second-order valence-corrected chi connectivity index (χ2v) is 3.27. The number of aliphatic imine (C=N–C) groups is 1. The number of nitrogens with zero attached hydrogens (tertiary/aromatic N) is 2. The molecule has 0 spiro atoms. The second kappa shape index (κ2) is 3.14. The zero-order chi connectivity index (χ0) is 7.90. The number of benzene rings is 1. The third-order valence-electron chi connectivity index (χ3n) is 1.99. The Morgan fingerprint density at radius 2 is 1.83 bits per heavy atom. The van der Waals surface area contributed by atoms with Gasteiger partial charge in [0.15, 0.2) is 12.0 Å². The smallest absolute Gasteiger partial charge is 0.195 e. The minimum Gasteiger partial charge on any atom is -1.00 e. The van der Waals surface area contributed by atoms with Crippen LogP contribution < -0.4 is 28.5 Å². The lowest BCUT2D eigenvalue weighted by atomic mass is 10.2. The first kappa shape index (κ1) is 9.67. The molecule has 64 valence electrons. The zero-order valence-electron chi connectivity index (χ0n) is 7.16. The molecular formula is C9H11IN2. The van der Waals surface area contributed by atoms with Gasteiger partial charge in [-0.15, -0.1) is 0 Å². The molecule has 0 atom stereocenters. The number of rotatable bonds is 0. The molecule has 0 amide bonds. The third-order valence-corrected chi connectivity index (χ3v) is 1.99. The van der Waals surface area contributed by atoms with Gasteiger partial charge >= 0.3 is 0 Å². The lowest BCUT2D eigenvalue weighted by Gasteiger charge is -2.18. The van der Waals surface area contributed by atoms with Crippen LogP contribution in [0.2, 0.25) is 0 Å². The van der Waals surface area contributed by atoms with Crippen LogP contribution in [0.5, 0.6) is 0 Å². The molecule has 1 heterocycles. The monoisotopic (exact) mass is 274 g/mol. The standard InChI is InChI=1S/C9H11N2.HI/c1-11(2)7-10-8-5-3-4-6-9(8)11;/h3-7H,1-2H3;1H/q+1;/p-1. The molecular weight excluding hydrogens is 263 g/mol. The van der Waals surface area contributed by atoms with E-state index in [1.807, 2.05) is 24.5 Å². The molecule has 0 saturated carbocycles. The highest BCUT2D eigenvalue weighted by molar-refractivity contribution is 5.87. The van der Waals surface area contributed by atoms with Crippen molar-refractivity contribution in [3.8, 4) is 0 Å². The summed E-state index contributed by atoms with van der Waals surface area (Å²) < 4.78 is 0.760. The quantitative estimate of drug-likeness (QED) is 0.422. The van der Waals surface area contributed by atoms with Crippen molar-refractivity contribution in [3.63, 3.8) is 0 Å². The van der Waals surface area contributed by atoms with Crippen molar-refractivity contribution >= 4 is 17.7 Å². The van der Waals surface area contributed by atoms with Crippen LogP contribution in [0.3, 0.4) is 0 Å². The zero-order valence-corrected chi connectivity index (χ0v) is 9.32. The Hall–Kier alpha value is -0.420. The van der Waals surface area contributed by atoms with Crippen molar-refractivity contribution in [1.82, 2.24) is 4.48 Å². The summed E-state index contributed by atoms with van der Waals surface area (Å²) in [5, 5.41) is 0. The first-order valence-electron chi connectivity index (χ1n) is 3.69. The summed E-state index contributed by atoms with van der Waals surface area (Å²) in [6.45, 7) is 0. The molecule has 1 aromatic rings. The molecule has 3 heteroatoms. The van der Waals surface area contributed by atoms with E-state index in [4.69, 9.17) is 0 Å². The van der Waals surface area contributed by atoms with E-state index in [-0.39, 0.29) is 24.0 Å². The summed E-state index contributed by atoms with van der Waals surface area (Å²) in [4.78, 5) is 4.30. The molecule has 0 saturated heterocycles. The van der Waals surface area contributed by atoms with Crippen LogP contribution in [-0.2, 0) is 0 Å². The van der Waals surface area contributed by atoms with Gasteiger partial charge in [-0.25, -0.2) is 0 Å². The Bertz CT molecular complexity index is 318. The SMILES string of the molecule is C[N+]1(C)C=Nc2ccccc21.[I-].